The summed E-state index contributed by atoms with van der Waals surface area (Å²) in [6.07, 6.45) is 24.9. The average Bonchev–Trinajstić information content (AvgIpc) is 3.24. The SMILES string of the molecule is CCCCCCC(CC)COC(=O)c1ccc(C(=O)OCC(CC)CCCCCC)c(C(=O)OCC(CC)CCCCCC)c1C(=O)OCC(CC)CCCCCC. The summed E-state index contributed by atoms with van der Waals surface area (Å²) in [5, 5.41) is 0. The van der Waals surface area contributed by atoms with Gasteiger partial charge in [0.25, 0.3) is 0 Å². The Kier molecular flexibility index (Phi) is 31.0. The van der Waals surface area contributed by atoms with Gasteiger partial charge >= 0.3 is 23.9 Å². The highest BCUT2D eigenvalue weighted by Gasteiger charge is 2.34. The Labute approximate surface area is 355 Å². The van der Waals surface area contributed by atoms with Crippen molar-refractivity contribution in [2.45, 2.75) is 209 Å². The minimum atomic E-state index is -0.832. The Morgan fingerprint density at radius 2 is 0.603 bits per heavy atom. The van der Waals surface area contributed by atoms with Crippen molar-refractivity contribution in [3.8, 4) is 0 Å². The van der Waals surface area contributed by atoms with Gasteiger partial charge in [0.1, 0.15) is 0 Å². The first-order valence-corrected chi connectivity index (χ1v) is 24.0. The summed E-state index contributed by atoms with van der Waals surface area (Å²) in [5.74, 6) is -2.52. The lowest BCUT2D eigenvalue weighted by Gasteiger charge is -2.21. The molecule has 58 heavy (non-hydrogen) atoms. The molecule has 0 aliphatic carbocycles. The fraction of sp³-hybridized carbons (Fsp3) is 0.800. The van der Waals surface area contributed by atoms with Crippen LogP contribution in [0, 0.1) is 23.7 Å². The molecule has 8 heteroatoms. The predicted molar refractivity (Wildman–Crippen MR) is 238 cm³/mol. The van der Waals surface area contributed by atoms with Gasteiger partial charge < -0.3 is 18.9 Å². The highest BCUT2D eigenvalue weighted by atomic mass is 16.5. The van der Waals surface area contributed by atoms with E-state index in [1.165, 1.54) is 25.0 Å². The van der Waals surface area contributed by atoms with E-state index in [0.29, 0.717) is 0 Å². The van der Waals surface area contributed by atoms with Crippen LogP contribution in [0.25, 0.3) is 0 Å². The van der Waals surface area contributed by atoms with Gasteiger partial charge in [-0.15, -0.1) is 0 Å². The minimum absolute atomic E-state index is 0.0979. The molecule has 0 heterocycles. The average molecular weight is 815 g/mol. The third-order valence-electron chi connectivity index (χ3n) is 12.0. The molecular weight excluding hydrogens is 729 g/mol. The number of rotatable bonds is 36. The van der Waals surface area contributed by atoms with Gasteiger partial charge in [-0.2, -0.15) is 0 Å². The number of carbonyl (C=O) groups excluding carboxylic acids is 4. The van der Waals surface area contributed by atoms with E-state index in [1.54, 1.807) is 0 Å². The summed E-state index contributed by atoms with van der Waals surface area (Å²) in [5.41, 5.74) is -0.744. The summed E-state index contributed by atoms with van der Waals surface area (Å²) in [4.78, 5) is 56.7. The number of ether oxygens (including phenoxy) is 4. The maximum absolute atomic E-state index is 14.4. The third-order valence-corrected chi connectivity index (χ3v) is 12.0. The van der Waals surface area contributed by atoms with E-state index >= 15 is 0 Å². The van der Waals surface area contributed by atoms with Crippen molar-refractivity contribution >= 4 is 23.9 Å². The van der Waals surface area contributed by atoms with Gasteiger partial charge in [0.15, 0.2) is 0 Å². The molecule has 0 aromatic heterocycles. The zero-order chi connectivity index (χ0) is 43.0. The molecule has 0 N–H and O–H groups in total. The summed E-state index contributed by atoms with van der Waals surface area (Å²) in [7, 11) is 0. The molecule has 0 aliphatic rings. The maximum atomic E-state index is 14.4. The molecule has 4 unspecified atom stereocenters. The summed E-state index contributed by atoms with van der Waals surface area (Å²) in [6.45, 7) is 17.7. The number of carbonyl (C=O) groups is 4. The molecule has 0 saturated heterocycles. The fourth-order valence-corrected chi connectivity index (χ4v) is 7.50. The minimum Gasteiger partial charge on any atom is -0.462 e. The van der Waals surface area contributed by atoms with Crippen LogP contribution in [0.15, 0.2) is 12.1 Å². The topological polar surface area (TPSA) is 105 Å². The number of esters is 4. The molecule has 1 rings (SSSR count). The van der Waals surface area contributed by atoms with Crippen molar-refractivity contribution in [1.29, 1.82) is 0 Å². The normalized spacial score (nSPS) is 13.4. The molecule has 4 atom stereocenters. The molecule has 0 fully saturated rings. The molecular formula is C50H86O8. The van der Waals surface area contributed by atoms with E-state index in [2.05, 4.69) is 55.4 Å². The molecule has 334 valence electrons. The lowest BCUT2D eigenvalue weighted by molar-refractivity contribution is 0.0346. The van der Waals surface area contributed by atoms with Crippen LogP contribution in [0.3, 0.4) is 0 Å². The van der Waals surface area contributed by atoms with Crippen LogP contribution in [-0.2, 0) is 18.9 Å². The predicted octanol–water partition coefficient (Wildman–Crippen LogP) is 14.3. The number of benzene rings is 1. The molecule has 0 saturated carbocycles. The molecule has 0 aliphatic heterocycles. The Balaban J connectivity index is 3.67. The van der Waals surface area contributed by atoms with Crippen LogP contribution in [0.4, 0.5) is 0 Å². The van der Waals surface area contributed by atoms with E-state index in [0.717, 1.165) is 141 Å². The Morgan fingerprint density at radius 3 is 0.828 bits per heavy atom. The van der Waals surface area contributed by atoms with Crippen LogP contribution < -0.4 is 0 Å². The van der Waals surface area contributed by atoms with Crippen molar-refractivity contribution in [3.05, 3.63) is 34.4 Å². The number of unbranched alkanes of at least 4 members (excludes halogenated alkanes) is 12. The van der Waals surface area contributed by atoms with E-state index in [4.69, 9.17) is 18.9 Å². The quantitative estimate of drug-likeness (QED) is 0.0375. The molecule has 0 amide bonds. The summed E-state index contributed by atoms with van der Waals surface area (Å²) in [6, 6.07) is 2.84. The first-order valence-electron chi connectivity index (χ1n) is 24.0. The zero-order valence-electron chi connectivity index (χ0n) is 38.5. The second kappa shape index (κ2) is 33.9. The Bertz CT molecular complexity index is 1160. The van der Waals surface area contributed by atoms with Crippen molar-refractivity contribution in [3.63, 3.8) is 0 Å². The highest BCUT2D eigenvalue weighted by molar-refractivity contribution is 6.15. The second-order valence-electron chi connectivity index (χ2n) is 16.8. The van der Waals surface area contributed by atoms with Crippen LogP contribution in [0.5, 0.6) is 0 Å². The summed E-state index contributed by atoms with van der Waals surface area (Å²) >= 11 is 0. The lowest BCUT2D eigenvalue weighted by Crippen LogP contribution is -2.26. The zero-order valence-corrected chi connectivity index (χ0v) is 38.5. The van der Waals surface area contributed by atoms with Crippen LogP contribution in [0.2, 0.25) is 0 Å². The van der Waals surface area contributed by atoms with Crippen molar-refractivity contribution in [2.24, 2.45) is 23.7 Å². The van der Waals surface area contributed by atoms with Crippen LogP contribution in [-0.4, -0.2) is 50.3 Å². The van der Waals surface area contributed by atoms with Gasteiger partial charge in [-0.1, -0.05) is 184 Å². The first-order chi connectivity index (χ1) is 28.1. The Hall–Kier alpha value is -2.90. The van der Waals surface area contributed by atoms with Gasteiger partial charge in [-0.3, -0.25) is 0 Å². The molecule has 1 aromatic rings. The largest absolute Gasteiger partial charge is 0.462 e. The summed E-state index contributed by atoms with van der Waals surface area (Å²) < 4.78 is 23.7. The highest BCUT2D eigenvalue weighted by Crippen LogP contribution is 2.28. The van der Waals surface area contributed by atoms with Gasteiger partial charge in [0.2, 0.25) is 0 Å². The first kappa shape index (κ1) is 53.1. The third kappa shape index (κ3) is 21.4. The van der Waals surface area contributed by atoms with Crippen LogP contribution >= 0.6 is 0 Å². The van der Waals surface area contributed by atoms with Gasteiger partial charge in [0, 0.05) is 0 Å². The van der Waals surface area contributed by atoms with E-state index < -0.39 is 23.9 Å². The lowest BCUT2D eigenvalue weighted by atomic mass is 9.94. The van der Waals surface area contributed by atoms with E-state index in [9.17, 15) is 19.2 Å². The van der Waals surface area contributed by atoms with Crippen LogP contribution in [0.1, 0.15) is 251 Å². The molecule has 8 nitrogen and oxygen atoms in total. The number of hydrogen-bond acceptors (Lipinski definition) is 8. The van der Waals surface area contributed by atoms with E-state index in [-0.39, 0.29) is 72.4 Å². The standard InChI is InChI=1S/C50H86O8/c1-9-17-21-25-29-39(13-5)35-55-47(51)43-33-34-44(48(52)56-36-40(14-6)30-26-22-18-10-2)46(50(54)58-38-42(16-8)32-28-24-20-12-4)45(43)49(53)57-37-41(15-7)31-27-23-19-11-3/h33-34,39-42H,9-32,35-38H2,1-8H3. The van der Waals surface area contributed by atoms with Gasteiger partial charge in [-0.25, -0.2) is 19.2 Å². The number of hydrogen-bond donors (Lipinski definition) is 0. The van der Waals surface area contributed by atoms with E-state index in [1.807, 2.05) is 0 Å². The molecule has 0 spiro atoms. The van der Waals surface area contributed by atoms with Crippen molar-refractivity contribution in [2.75, 3.05) is 26.4 Å². The maximum Gasteiger partial charge on any atom is 0.339 e. The Morgan fingerprint density at radius 1 is 0.362 bits per heavy atom. The second-order valence-corrected chi connectivity index (χ2v) is 16.8. The fourth-order valence-electron chi connectivity index (χ4n) is 7.50. The molecule has 0 radical (unpaired) electrons. The molecule has 0 bridgehead atoms. The van der Waals surface area contributed by atoms with Gasteiger partial charge in [-0.05, 0) is 61.5 Å². The van der Waals surface area contributed by atoms with Crippen molar-refractivity contribution < 1.29 is 38.1 Å². The van der Waals surface area contributed by atoms with Gasteiger partial charge in [0.05, 0.1) is 48.7 Å². The smallest absolute Gasteiger partial charge is 0.339 e. The monoisotopic (exact) mass is 815 g/mol. The molecule has 1 aromatic carbocycles. The van der Waals surface area contributed by atoms with Crippen molar-refractivity contribution in [1.82, 2.24) is 0 Å².